The Morgan fingerprint density at radius 1 is 1.50 bits per heavy atom. The highest BCUT2D eigenvalue weighted by molar-refractivity contribution is 5.96. The number of aromatic nitrogens is 2. The van der Waals surface area contributed by atoms with Crippen molar-refractivity contribution in [3.8, 4) is 0 Å². The Morgan fingerprint density at radius 3 is 2.65 bits per heavy atom. The molecule has 0 aliphatic heterocycles. The first-order chi connectivity index (χ1) is 9.23. The van der Waals surface area contributed by atoms with Crippen molar-refractivity contribution < 1.29 is 27.9 Å². The van der Waals surface area contributed by atoms with Crippen LogP contribution in [0.15, 0.2) is 12.4 Å². The molecule has 1 unspecified atom stereocenters. The lowest BCUT2D eigenvalue weighted by molar-refractivity contribution is -0.157. The molecule has 1 heterocycles. The van der Waals surface area contributed by atoms with E-state index in [4.69, 9.17) is 5.11 Å². The summed E-state index contributed by atoms with van der Waals surface area (Å²) in [6.07, 6.45) is -3.00. The van der Waals surface area contributed by atoms with E-state index in [1.165, 1.54) is 17.1 Å². The van der Waals surface area contributed by atoms with Crippen molar-refractivity contribution in [1.82, 2.24) is 15.1 Å². The Bertz CT molecular complexity index is 485. The molecule has 1 amide bonds. The van der Waals surface area contributed by atoms with Gasteiger partial charge >= 0.3 is 12.1 Å². The topological polar surface area (TPSA) is 84.2 Å². The molecule has 0 aromatic carbocycles. The highest BCUT2D eigenvalue weighted by atomic mass is 19.4. The zero-order valence-electron chi connectivity index (χ0n) is 10.6. The smallest absolute Gasteiger partial charge is 0.391 e. The summed E-state index contributed by atoms with van der Waals surface area (Å²) in [6, 6.07) is -2.02. The zero-order valence-corrected chi connectivity index (χ0v) is 10.6. The number of aryl methyl sites for hydroxylation is 1. The molecule has 0 saturated heterocycles. The van der Waals surface area contributed by atoms with Gasteiger partial charge in [-0.1, -0.05) is 6.92 Å². The Balaban J connectivity index is 2.72. The monoisotopic (exact) mass is 293 g/mol. The van der Waals surface area contributed by atoms with Crippen molar-refractivity contribution in [2.75, 3.05) is 0 Å². The molecular formula is C11H14F3N3O3. The molecule has 0 aliphatic rings. The predicted octanol–water partition coefficient (Wildman–Crippen LogP) is 1.43. The standard InChI is InChI=1S/C11H14F3N3O3/c1-2-3-17-6-7(5-15-17)9(18)16-8(10(19)20)4-11(12,13)14/h5-6,8H,2-4H2,1H3,(H,16,18)(H,19,20). The third kappa shape index (κ3) is 4.90. The summed E-state index contributed by atoms with van der Waals surface area (Å²) in [6.45, 7) is 2.45. The quantitative estimate of drug-likeness (QED) is 0.831. The van der Waals surface area contributed by atoms with Crippen molar-refractivity contribution in [3.63, 3.8) is 0 Å². The van der Waals surface area contributed by atoms with Crippen LogP contribution < -0.4 is 5.32 Å². The molecule has 2 N–H and O–H groups in total. The number of carboxylic acid groups (broad SMARTS) is 1. The average molecular weight is 293 g/mol. The third-order valence-electron chi connectivity index (χ3n) is 2.39. The number of alkyl halides is 3. The molecule has 0 bridgehead atoms. The van der Waals surface area contributed by atoms with Crippen LogP contribution in [0.2, 0.25) is 0 Å². The SMILES string of the molecule is CCCn1cc(C(=O)NC(CC(F)(F)F)C(=O)O)cn1. The number of halogens is 3. The second-order valence-electron chi connectivity index (χ2n) is 4.18. The van der Waals surface area contributed by atoms with E-state index in [-0.39, 0.29) is 5.56 Å². The maximum Gasteiger partial charge on any atom is 0.391 e. The van der Waals surface area contributed by atoms with Crippen molar-refractivity contribution in [2.45, 2.75) is 38.5 Å². The van der Waals surface area contributed by atoms with E-state index in [0.717, 1.165) is 6.42 Å². The Morgan fingerprint density at radius 2 is 2.15 bits per heavy atom. The number of hydrogen-bond donors (Lipinski definition) is 2. The number of aliphatic carboxylic acids is 1. The van der Waals surface area contributed by atoms with Crippen LogP contribution in [0.1, 0.15) is 30.1 Å². The van der Waals surface area contributed by atoms with Gasteiger partial charge in [0.05, 0.1) is 18.2 Å². The number of carbonyl (C=O) groups is 2. The van der Waals surface area contributed by atoms with Crippen molar-refractivity contribution in [1.29, 1.82) is 0 Å². The van der Waals surface area contributed by atoms with Crippen LogP contribution in [0.5, 0.6) is 0 Å². The van der Waals surface area contributed by atoms with E-state index in [1.807, 2.05) is 12.2 Å². The molecule has 0 fully saturated rings. The second kappa shape index (κ2) is 6.40. The first-order valence-electron chi connectivity index (χ1n) is 5.86. The summed E-state index contributed by atoms with van der Waals surface area (Å²) >= 11 is 0. The number of rotatable bonds is 6. The number of nitrogens with one attached hydrogen (secondary N) is 1. The minimum Gasteiger partial charge on any atom is -0.480 e. The fourth-order valence-electron chi connectivity index (χ4n) is 1.51. The minimum atomic E-state index is -4.68. The summed E-state index contributed by atoms with van der Waals surface area (Å²) in [5.41, 5.74) is 0.0203. The summed E-state index contributed by atoms with van der Waals surface area (Å²) < 4.78 is 38.0. The van der Waals surface area contributed by atoms with Crippen LogP contribution >= 0.6 is 0 Å². The van der Waals surface area contributed by atoms with Gasteiger partial charge in [0, 0.05) is 12.7 Å². The number of carbonyl (C=O) groups excluding carboxylic acids is 1. The van der Waals surface area contributed by atoms with Gasteiger partial charge in [-0.05, 0) is 6.42 Å². The maximum absolute atomic E-state index is 12.2. The molecule has 20 heavy (non-hydrogen) atoms. The number of carboxylic acids is 1. The van der Waals surface area contributed by atoms with Gasteiger partial charge in [-0.25, -0.2) is 4.79 Å². The van der Waals surface area contributed by atoms with E-state index in [9.17, 15) is 22.8 Å². The molecule has 0 aliphatic carbocycles. The highest BCUT2D eigenvalue weighted by Gasteiger charge is 2.36. The van der Waals surface area contributed by atoms with Crippen LogP contribution in [0, 0.1) is 0 Å². The number of amides is 1. The van der Waals surface area contributed by atoms with Crippen LogP contribution in [0.4, 0.5) is 13.2 Å². The molecule has 1 rings (SSSR count). The Kier molecular flexibility index (Phi) is 5.12. The average Bonchev–Trinajstić information content (AvgIpc) is 2.75. The molecule has 0 radical (unpaired) electrons. The molecule has 0 spiro atoms. The van der Waals surface area contributed by atoms with Crippen molar-refractivity contribution >= 4 is 11.9 Å². The van der Waals surface area contributed by atoms with E-state index in [1.54, 1.807) is 0 Å². The second-order valence-corrected chi connectivity index (χ2v) is 4.18. The van der Waals surface area contributed by atoms with Crippen LogP contribution in [0.3, 0.4) is 0 Å². The van der Waals surface area contributed by atoms with Crippen LogP contribution in [-0.4, -0.2) is 39.0 Å². The number of nitrogens with zero attached hydrogens (tertiary/aromatic N) is 2. The molecule has 1 atom stereocenters. The Hall–Kier alpha value is -2.06. The lowest BCUT2D eigenvalue weighted by Crippen LogP contribution is -2.43. The van der Waals surface area contributed by atoms with Gasteiger partial charge in [0.25, 0.3) is 5.91 Å². The van der Waals surface area contributed by atoms with Crippen LogP contribution in [0.25, 0.3) is 0 Å². The summed E-state index contributed by atoms with van der Waals surface area (Å²) in [5, 5.41) is 14.4. The normalized spacial score (nSPS) is 13.0. The largest absolute Gasteiger partial charge is 0.480 e. The molecule has 1 aromatic rings. The maximum atomic E-state index is 12.2. The van der Waals surface area contributed by atoms with Gasteiger partial charge in [-0.3, -0.25) is 9.48 Å². The van der Waals surface area contributed by atoms with Crippen molar-refractivity contribution in [3.05, 3.63) is 18.0 Å². The van der Waals surface area contributed by atoms with E-state index < -0.39 is 30.5 Å². The van der Waals surface area contributed by atoms with Gasteiger partial charge in [-0.2, -0.15) is 18.3 Å². The van der Waals surface area contributed by atoms with E-state index >= 15 is 0 Å². The van der Waals surface area contributed by atoms with E-state index in [2.05, 4.69) is 5.10 Å². The van der Waals surface area contributed by atoms with Gasteiger partial charge in [0.2, 0.25) is 0 Å². The van der Waals surface area contributed by atoms with Gasteiger partial charge in [-0.15, -0.1) is 0 Å². The summed E-state index contributed by atoms with van der Waals surface area (Å²) in [7, 11) is 0. The summed E-state index contributed by atoms with van der Waals surface area (Å²) in [4.78, 5) is 22.4. The van der Waals surface area contributed by atoms with Gasteiger partial charge in [0.15, 0.2) is 0 Å². The fraction of sp³-hybridized carbons (Fsp3) is 0.545. The lowest BCUT2D eigenvalue weighted by Gasteiger charge is -2.15. The molecule has 0 saturated carbocycles. The van der Waals surface area contributed by atoms with Gasteiger partial charge in [0.1, 0.15) is 6.04 Å². The first kappa shape index (κ1) is 16.0. The molecule has 1 aromatic heterocycles. The molecule has 9 heteroatoms. The lowest BCUT2D eigenvalue weighted by atomic mass is 10.2. The highest BCUT2D eigenvalue weighted by Crippen LogP contribution is 2.21. The summed E-state index contributed by atoms with van der Waals surface area (Å²) in [5.74, 6) is -2.64. The van der Waals surface area contributed by atoms with E-state index in [0.29, 0.717) is 6.54 Å². The molecule has 6 nitrogen and oxygen atoms in total. The number of hydrogen-bond acceptors (Lipinski definition) is 3. The molecular weight excluding hydrogens is 279 g/mol. The first-order valence-corrected chi connectivity index (χ1v) is 5.86. The third-order valence-corrected chi connectivity index (χ3v) is 2.39. The van der Waals surface area contributed by atoms with Crippen LogP contribution in [-0.2, 0) is 11.3 Å². The van der Waals surface area contributed by atoms with Crippen molar-refractivity contribution in [2.24, 2.45) is 0 Å². The predicted molar refractivity (Wildman–Crippen MR) is 62.1 cm³/mol. The fourth-order valence-corrected chi connectivity index (χ4v) is 1.51. The van der Waals surface area contributed by atoms with Gasteiger partial charge < -0.3 is 10.4 Å². The zero-order chi connectivity index (χ0) is 15.3. The Labute approximate surface area is 112 Å². The molecule has 112 valence electrons. The minimum absolute atomic E-state index is 0.0203.